The minimum Gasteiger partial charge on any atom is -0.494 e. The molecule has 0 aliphatic rings. The molecule has 0 saturated carbocycles. The zero-order valence-corrected chi connectivity index (χ0v) is 16.8. The highest BCUT2D eigenvalue weighted by molar-refractivity contribution is 5.91. The Kier molecular flexibility index (Phi) is 5.12. The number of aryl methyl sites for hydroxylation is 2. The number of rotatable bonds is 6. The second kappa shape index (κ2) is 7.87. The summed E-state index contributed by atoms with van der Waals surface area (Å²) in [7, 11) is 0. The number of nitrogens with one attached hydrogen (secondary N) is 1. The number of hydrogen-bond donors (Lipinski definition) is 1. The summed E-state index contributed by atoms with van der Waals surface area (Å²) in [6.45, 7) is 6.54. The number of benzene rings is 1. The molecule has 1 amide bonds. The van der Waals surface area contributed by atoms with Gasteiger partial charge >= 0.3 is 0 Å². The average Bonchev–Trinajstić information content (AvgIpc) is 3.08. The summed E-state index contributed by atoms with van der Waals surface area (Å²) in [5, 5.41) is 8.43. The maximum Gasteiger partial charge on any atom is 0.224 e. The van der Waals surface area contributed by atoms with Crippen molar-refractivity contribution in [1.29, 1.82) is 0 Å². The normalized spacial score (nSPS) is 11.1. The van der Waals surface area contributed by atoms with Gasteiger partial charge in [0, 0.05) is 29.7 Å². The number of pyridine rings is 1. The first-order valence-electron chi connectivity index (χ1n) is 9.69. The first-order valence-corrected chi connectivity index (χ1v) is 9.69. The second-order valence-electron chi connectivity index (χ2n) is 6.88. The molecule has 0 radical (unpaired) electrons. The fourth-order valence-corrected chi connectivity index (χ4v) is 3.49. The SMILES string of the molecule is CCOc1ccc(NC(=O)CCc2c(C)nc3c4cccnc4nn3c2C)cc1. The molecule has 0 aliphatic heterocycles. The van der Waals surface area contributed by atoms with Crippen molar-refractivity contribution in [1.82, 2.24) is 19.6 Å². The maximum atomic E-state index is 12.4. The van der Waals surface area contributed by atoms with E-state index in [0.717, 1.165) is 39.4 Å². The number of hydrogen-bond acceptors (Lipinski definition) is 5. The third-order valence-corrected chi connectivity index (χ3v) is 4.94. The maximum absolute atomic E-state index is 12.4. The van der Waals surface area contributed by atoms with E-state index in [4.69, 9.17) is 9.72 Å². The molecule has 0 aliphatic carbocycles. The van der Waals surface area contributed by atoms with Crippen LogP contribution in [0.3, 0.4) is 0 Å². The molecule has 0 atom stereocenters. The van der Waals surface area contributed by atoms with Crippen LogP contribution in [-0.2, 0) is 11.2 Å². The van der Waals surface area contributed by atoms with Crippen molar-refractivity contribution >= 4 is 28.3 Å². The Labute approximate surface area is 168 Å². The first-order chi connectivity index (χ1) is 14.1. The van der Waals surface area contributed by atoms with Crippen molar-refractivity contribution in [3.05, 3.63) is 59.5 Å². The summed E-state index contributed by atoms with van der Waals surface area (Å²) in [5.74, 6) is 0.748. The molecule has 29 heavy (non-hydrogen) atoms. The van der Waals surface area contributed by atoms with Crippen LogP contribution in [0.15, 0.2) is 42.6 Å². The van der Waals surface area contributed by atoms with Crippen LogP contribution in [-0.4, -0.2) is 32.1 Å². The zero-order chi connectivity index (χ0) is 20.4. The Bertz CT molecular complexity index is 1180. The molecule has 3 aromatic heterocycles. The Balaban J connectivity index is 1.50. The molecule has 0 bridgehead atoms. The number of nitrogens with zero attached hydrogens (tertiary/aromatic N) is 4. The van der Waals surface area contributed by atoms with Gasteiger partial charge in [-0.2, -0.15) is 0 Å². The van der Waals surface area contributed by atoms with Crippen LogP contribution in [0.4, 0.5) is 5.69 Å². The van der Waals surface area contributed by atoms with E-state index < -0.39 is 0 Å². The summed E-state index contributed by atoms with van der Waals surface area (Å²) in [6, 6.07) is 11.2. The van der Waals surface area contributed by atoms with Crippen molar-refractivity contribution in [2.45, 2.75) is 33.6 Å². The smallest absolute Gasteiger partial charge is 0.224 e. The van der Waals surface area contributed by atoms with E-state index in [9.17, 15) is 4.79 Å². The van der Waals surface area contributed by atoms with Gasteiger partial charge in [-0.3, -0.25) is 4.79 Å². The van der Waals surface area contributed by atoms with Crippen molar-refractivity contribution in [2.75, 3.05) is 11.9 Å². The molecule has 0 spiro atoms. The molecule has 3 heterocycles. The van der Waals surface area contributed by atoms with Gasteiger partial charge in [0.25, 0.3) is 0 Å². The molecule has 148 valence electrons. The van der Waals surface area contributed by atoms with Gasteiger partial charge in [0.05, 0.1) is 12.0 Å². The van der Waals surface area contributed by atoms with Gasteiger partial charge in [-0.1, -0.05) is 0 Å². The van der Waals surface area contributed by atoms with Gasteiger partial charge in [0.2, 0.25) is 5.91 Å². The fourth-order valence-electron chi connectivity index (χ4n) is 3.49. The number of aromatic nitrogens is 4. The Morgan fingerprint density at radius 3 is 2.72 bits per heavy atom. The second-order valence-corrected chi connectivity index (χ2v) is 6.88. The lowest BCUT2D eigenvalue weighted by Gasteiger charge is -2.11. The van der Waals surface area contributed by atoms with Crippen LogP contribution in [0, 0.1) is 13.8 Å². The molecule has 4 rings (SSSR count). The van der Waals surface area contributed by atoms with Crippen LogP contribution in [0.25, 0.3) is 16.7 Å². The lowest BCUT2D eigenvalue weighted by Crippen LogP contribution is -2.14. The highest BCUT2D eigenvalue weighted by atomic mass is 16.5. The summed E-state index contributed by atoms with van der Waals surface area (Å²) in [4.78, 5) is 21.5. The number of fused-ring (bicyclic) bond motifs is 3. The number of carbonyl (C=O) groups excluding carboxylic acids is 1. The molecule has 0 fully saturated rings. The molecule has 4 aromatic rings. The fraction of sp³-hybridized carbons (Fsp3) is 0.273. The number of ether oxygens (including phenoxy) is 1. The lowest BCUT2D eigenvalue weighted by molar-refractivity contribution is -0.116. The van der Waals surface area contributed by atoms with Gasteiger partial charge in [0.1, 0.15) is 5.75 Å². The van der Waals surface area contributed by atoms with E-state index in [0.29, 0.717) is 25.1 Å². The van der Waals surface area contributed by atoms with E-state index in [2.05, 4.69) is 15.4 Å². The Morgan fingerprint density at radius 2 is 1.97 bits per heavy atom. The van der Waals surface area contributed by atoms with Crippen molar-refractivity contribution in [3.63, 3.8) is 0 Å². The molecular weight excluding hydrogens is 366 g/mol. The zero-order valence-electron chi connectivity index (χ0n) is 16.8. The van der Waals surface area contributed by atoms with Gasteiger partial charge in [-0.15, -0.1) is 5.10 Å². The minimum absolute atomic E-state index is 0.0413. The van der Waals surface area contributed by atoms with Gasteiger partial charge in [-0.25, -0.2) is 14.5 Å². The van der Waals surface area contributed by atoms with E-state index in [-0.39, 0.29) is 5.91 Å². The molecular formula is C22H23N5O2. The predicted molar refractivity (Wildman–Crippen MR) is 112 cm³/mol. The van der Waals surface area contributed by atoms with Crippen LogP contribution in [0.1, 0.15) is 30.3 Å². The van der Waals surface area contributed by atoms with Gasteiger partial charge < -0.3 is 10.1 Å². The lowest BCUT2D eigenvalue weighted by atomic mass is 10.1. The Morgan fingerprint density at radius 1 is 1.17 bits per heavy atom. The first kappa shape index (κ1) is 18.9. The topological polar surface area (TPSA) is 81.4 Å². The highest BCUT2D eigenvalue weighted by Crippen LogP contribution is 2.22. The van der Waals surface area contributed by atoms with Gasteiger partial charge in [-0.05, 0) is 69.2 Å². The van der Waals surface area contributed by atoms with E-state index in [1.807, 2.05) is 61.7 Å². The third kappa shape index (κ3) is 3.76. The largest absolute Gasteiger partial charge is 0.494 e. The summed E-state index contributed by atoms with van der Waals surface area (Å²) >= 11 is 0. The van der Waals surface area contributed by atoms with E-state index >= 15 is 0 Å². The molecule has 0 unspecified atom stereocenters. The average molecular weight is 389 g/mol. The Hall–Kier alpha value is -3.48. The summed E-state index contributed by atoms with van der Waals surface area (Å²) in [5.41, 5.74) is 5.16. The monoisotopic (exact) mass is 389 g/mol. The highest BCUT2D eigenvalue weighted by Gasteiger charge is 2.15. The van der Waals surface area contributed by atoms with E-state index in [1.54, 1.807) is 6.20 Å². The van der Waals surface area contributed by atoms with Crippen molar-refractivity contribution in [2.24, 2.45) is 0 Å². The number of carbonyl (C=O) groups is 1. The number of anilines is 1. The molecule has 1 N–H and O–H groups in total. The predicted octanol–water partition coefficient (Wildman–Crippen LogP) is 3.86. The van der Waals surface area contributed by atoms with Crippen LogP contribution >= 0.6 is 0 Å². The van der Waals surface area contributed by atoms with Crippen LogP contribution < -0.4 is 10.1 Å². The van der Waals surface area contributed by atoms with Crippen molar-refractivity contribution < 1.29 is 9.53 Å². The van der Waals surface area contributed by atoms with Crippen LogP contribution in [0.5, 0.6) is 5.75 Å². The van der Waals surface area contributed by atoms with Crippen molar-refractivity contribution in [3.8, 4) is 5.75 Å². The molecule has 7 nitrogen and oxygen atoms in total. The summed E-state index contributed by atoms with van der Waals surface area (Å²) < 4.78 is 7.25. The minimum atomic E-state index is -0.0413. The summed E-state index contributed by atoms with van der Waals surface area (Å²) in [6.07, 6.45) is 2.68. The molecule has 7 heteroatoms. The molecule has 1 aromatic carbocycles. The van der Waals surface area contributed by atoms with Crippen LogP contribution in [0.2, 0.25) is 0 Å². The third-order valence-electron chi connectivity index (χ3n) is 4.94. The molecule has 0 saturated heterocycles. The number of amides is 1. The van der Waals surface area contributed by atoms with E-state index in [1.165, 1.54) is 0 Å². The quantitative estimate of drug-likeness (QED) is 0.541. The standard InChI is InChI=1S/C22H23N5O2/c1-4-29-17-9-7-16(8-10-17)25-20(28)12-11-18-14(2)24-22-19-6-5-13-23-21(19)26-27(22)15(18)3/h5-10,13H,4,11-12H2,1-3H3,(H,25,28). The van der Waals surface area contributed by atoms with Gasteiger partial charge in [0.15, 0.2) is 11.3 Å².